The van der Waals surface area contributed by atoms with E-state index in [1.54, 1.807) is 7.11 Å². The monoisotopic (exact) mass is 432 g/mol. The van der Waals surface area contributed by atoms with Crippen LogP contribution in [0.5, 0.6) is 5.75 Å². The summed E-state index contributed by atoms with van der Waals surface area (Å²) in [6.07, 6.45) is 1.24. The lowest BCUT2D eigenvalue weighted by atomic mass is 9.93. The van der Waals surface area contributed by atoms with Gasteiger partial charge in [-0.25, -0.2) is 9.59 Å². The molecule has 30 heavy (non-hydrogen) atoms. The van der Waals surface area contributed by atoms with Crippen LogP contribution in [-0.2, 0) is 4.74 Å². The number of benzene rings is 2. The van der Waals surface area contributed by atoms with Gasteiger partial charge in [0.1, 0.15) is 5.75 Å². The molecule has 0 saturated carbocycles. The van der Waals surface area contributed by atoms with Crippen molar-refractivity contribution in [2.75, 3.05) is 36.4 Å². The average Bonchev–Trinajstić information content (AvgIpc) is 2.75. The molecule has 1 aliphatic heterocycles. The number of amides is 2. The number of urea groups is 1. The van der Waals surface area contributed by atoms with Crippen molar-refractivity contribution in [2.24, 2.45) is 0 Å². The van der Waals surface area contributed by atoms with Gasteiger partial charge in [-0.1, -0.05) is 18.2 Å². The molecule has 7 nitrogen and oxygen atoms in total. The van der Waals surface area contributed by atoms with Crippen LogP contribution in [0.1, 0.15) is 29.9 Å². The van der Waals surface area contributed by atoms with Gasteiger partial charge in [0.15, 0.2) is 0 Å². The van der Waals surface area contributed by atoms with Crippen molar-refractivity contribution in [3.05, 3.63) is 53.6 Å². The molecule has 2 aromatic carbocycles. The van der Waals surface area contributed by atoms with Gasteiger partial charge in [-0.2, -0.15) is 11.8 Å². The van der Waals surface area contributed by atoms with Crippen molar-refractivity contribution < 1.29 is 24.2 Å². The van der Waals surface area contributed by atoms with Gasteiger partial charge >= 0.3 is 12.2 Å². The smallest absolute Gasteiger partial charge is 0.495 e. The van der Waals surface area contributed by atoms with Gasteiger partial charge in [0.25, 0.3) is 0 Å². The van der Waals surface area contributed by atoms with E-state index >= 15 is 0 Å². The van der Waals surface area contributed by atoms with Crippen LogP contribution in [0.25, 0.3) is 0 Å². The van der Waals surface area contributed by atoms with Crippen LogP contribution in [0.2, 0.25) is 0 Å². The molecule has 0 aliphatic carbocycles. The van der Waals surface area contributed by atoms with E-state index in [-0.39, 0.29) is 6.03 Å². The second-order valence-corrected chi connectivity index (χ2v) is 7.99. The summed E-state index contributed by atoms with van der Waals surface area (Å²) in [6, 6.07) is 13.6. The SMILES string of the molecule is COC(=O)O.COc1ccc(C)cc1NC(=O)Nc1ccc(C2CCSCC2)cc1. The Labute approximate surface area is 181 Å². The van der Waals surface area contributed by atoms with Crippen LogP contribution in [0.4, 0.5) is 21.0 Å². The number of aryl methyl sites for hydroxylation is 1. The first kappa shape index (κ1) is 23.4. The van der Waals surface area contributed by atoms with E-state index in [0.29, 0.717) is 17.4 Å². The molecule has 8 heteroatoms. The summed E-state index contributed by atoms with van der Waals surface area (Å²) in [7, 11) is 2.69. The van der Waals surface area contributed by atoms with Crippen LogP contribution in [0.3, 0.4) is 0 Å². The molecule has 0 radical (unpaired) electrons. The number of hydrogen-bond donors (Lipinski definition) is 3. The third-order valence-electron chi connectivity index (χ3n) is 4.64. The normalized spacial score (nSPS) is 13.4. The maximum absolute atomic E-state index is 12.3. The summed E-state index contributed by atoms with van der Waals surface area (Å²) in [5.41, 5.74) is 3.88. The molecular formula is C22H28N2O5S. The molecule has 1 saturated heterocycles. The first-order valence-corrected chi connectivity index (χ1v) is 10.8. The summed E-state index contributed by atoms with van der Waals surface area (Å²) in [5, 5.41) is 13.2. The summed E-state index contributed by atoms with van der Waals surface area (Å²) in [4.78, 5) is 21.4. The Morgan fingerprint density at radius 3 is 2.23 bits per heavy atom. The molecule has 1 fully saturated rings. The standard InChI is InChI=1S/C20H24N2O2S.C2H4O3/c1-14-3-8-19(24-2)18(13-14)22-20(23)21-17-6-4-15(5-7-17)16-9-11-25-12-10-16;1-5-2(3)4/h3-8,13,16H,9-12H2,1-2H3,(H2,21,22,23);1H3,(H,3,4). The van der Waals surface area contributed by atoms with E-state index in [1.165, 1.54) is 29.9 Å². The van der Waals surface area contributed by atoms with Gasteiger partial charge in [-0.15, -0.1) is 0 Å². The molecule has 0 aromatic heterocycles. The fourth-order valence-corrected chi connectivity index (χ4v) is 4.18. The van der Waals surface area contributed by atoms with Gasteiger partial charge < -0.3 is 25.2 Å². The van der Waals surface area contributed by atoms with Gasteiger partial charge in [0.2, 0.25) is 0 Å². The number of carbonyl (C=O) groups is 2. The molecule has 0 unspecified atom stereocenters. The number of carboxylic acid groups (broad SMARTS) is 1. The maximum atomic E-state index is 12.3. The highest BCUT2D eigenvalue weighted by molar-refractivity contribution is 7.99. The molecular weight excluding hydrogens is 404 g/mol. The lowest BCUT2D eigenvalue weighted by Gasteiger charge is -2.21. The van der Waals surface area contributed by atoms with E-state index in [2.05, 4.69) is 27.5 Å². The second-order valence-electron chi connectivity index (χ2n) is 6.76. The zero-order valence-electron chi connectivity index (χ0n) is 17.4. The average molecular weight is 433 g/mol. The first-order valence-electron chi connectivity index (χ1n) is 9.60. The second kappa shape index (κ2) is 12.0. The Hall–Kier alpha value is -2.87. The highest BCUT2D eigenvalue weighted by Gasteiger charge is 2.15. The lowest BCUT2D eigenvalue weighted by molar-refractivity contribution is 0.114. The summed E-state index contributed by atoms with van der Waals surface area (Å²) in [6.45, 7) is 1.98. The fraction of sp³-hybridized carbons (Fsp3) is 0.364. The van der Waals surface area contributed by atoms with Gasteiger partial charge in [-0.3, -0.25) is 0 Å². The quantitative estimate of drug-likeness (QED) is 0.547. The van der Waals surface area contributed by atoms with E-state index in [9.17, 15) is 4.79 Å². The number of hydrogen-bond acceptors (Lipinski definition) is 5. The van der Waals surface area contributed by atoms with E-state index < -0.39 is 6.16 Å². The fourth-order valence-electron chi connectivity index (χ4n) is 3.07. The molecule has 0 atom stereocenters. The Morgan fingerprint density at radius 1 is 1.03 bits per heavy atom. The van der Waals surface area contributed by atoms with Crippen molar-refractivity contribution in [3.63, 3.8) is 0 Å². The van der Waals surface area contributed by atoms with Crippen molar-refractivity contribution in [1.82, 2.24) is 0 Å². The molecule has 2 aromatic rings. The lowest BCUT2D eigenvalue weighted by Crippen LogP contribution is -2.20. The molecule has 0 spiro atoms. The highest BCUT2D eigenvalue weighted by atomic mass is 32.2. The largest absolute Gasteiger partial charge is 0.505 e. The number of anilines is 2. The maximum Gasteiger partial charge on any atom is 0.505 e. The van der Waals surface area contributed by atoms with Gasteiger partial charge in [-0.05, 0) is 72.6 Å². The number of rotatable bonds is 4. The summed E-state index contributed by atoms with van der Waals surface area (Å²) >= 11 is 2.03. The number of methoxy groups -OCH3 is 2. The zero-order valence-corrected chi connectivity index (χ0v) is 18.3. The predicted molar refractivity (Wildman–Crippen MR) is 121 cm³/mol. The molecule has 162 valence electrons. The number of carbonyl (C=O) groups excluding carboxylic acids is 1. The zero-order chi connectivity index (χ0) is 21.9. The Bertz CT molecular complexity index is 836. The minimum Gasteiger partial charge on any atom is -0.495 e. The first-order chi connectivity index (χ1) is 14.4. The van der Waals surface area contributed by atoms with E-state index in [0.717, 1.165) is 18.4 Å². The summed E-state index contributed by atoms with van der Waals surface area (Å²) in [5.74, 6) is 3.78. The molecule has 3 rings (SSSR count). The highest BCUT2D eigenvalue weighted by Crippen LogP contribution is 2.32. The topological polar surface area (TPSA) is 96.9 Å². The van der Waals surface area contributed by atoms with Gasteiger partial charge in [0.05, 0.1) is 19.9 Å². The number of thioether (sulfide) groups is 1. The molecule has 1 aliphatic rings. The Morgan fingerprint density at radius 2 is 1.67 bits per heavy atom. The van der Waals surface area contributed by atoms with Crippen LogP contribution in [0.15, 0.2) is 42.5 Å². The van der Waals surface area contributed by atoms with Crippen LogP contribution < -0.4 is 15.4 Å². The molecule has 3 N–H and O–H groups in total. The third kappa shape index (κ3) is 7.51. The molecule has 2 amide bonds. The van der Waals surface area contributed by atoms with E-state index in [4.69, 9.17) is 14.6 Å². The van der Waals surface area contributed by atoms with Crippen molar-refractivity contribution in [3.8, 4) is 5.75 Å². The Balaban J connectivity index is 0.000000575. The van der Waals surface area contributed by atoms with Crippen LogP contribution in [0, 0.1) is 6.92 Å². The van der Waals surface area contributed by atoms with Gasteiger partial charge in [0, 0.05) is 5.69 Å². The Kier molecular flexibility index (Phi) is 9.34. The minimum absolute atomic E-state index is 0.272. The van der Waals surface area contributed by atoms with E-state index in [1.807, 2.05) is 49.0 Å². The molecule has 0 bridgehead atoms. The van der Waals surface area contributed by atoms with Crippen molar-refractivity contribution in [2.45, 2.75) is 25.7 Å². The van der Waals surface area contributed by atoms with Crippen LogP contribution in [-0.4, -0.2) is 43.0 Å². The van der Waals surface area contributed by atoms with Crippen molar-refractivity contribution >= 4 is 35.3 Å². The number of ether oxygens (including phenoxy) is 2. The molecule has 1 heterocycles. The van der Waals surface area contributed by atoms with Crippen LogP contribution >= 0.6 is 11.8 Å². The number of nitrogens with one attached hydrogen (secondary N) is 2. The summed E-state index contributed by atoms with van der Waals surface area (Å²) < 4.78 is 8.96. The third-order valence-corrected chi connectivity index (χ3v) is 5.69. The minimum atomic E-state index is -1.25. The van der Waals surface area contributed by atoms with Crippen molar-refractivity contribution in [1.29, 1.82) is 0 Å². The predicted octanol–water partition coefficient (Wildman–Crippen LogP) is 5.57.